The molecular weight excluding hydrogens is 168 g/mol. The van der Waals surface area contributed by atoms with E-state index in [1.54, 1.807) is 13.8 Å². The fourth-order valence-electron chi connectivity index (χ4n) is 0.455. The van der Waals surface area contributed by atoms with Crippen molar-refractivity contribution < 1.29 is 9.84 Å². The van der Waals surface area contributed by atoms with Crippen LogP contribution >= 0.6 is 0 Å². The van der Waals surface area contributed by atoms with Crippen LogP contribution in [0, 0.1) is 5.41 Å². The average molecular weight is 188 g/mol. The van der Waals surface area contributed by atoms with Gasteiger partial charge >= 0.3 is 0 Å². The van der Waals surface area contributed by atoms with Crippen LogP contribution in [0.15, 0.2) is 12.2 Å². The quantitative estimate of drug-likeness (QED) is 0.551. The Kier molecular flexibility index (Phi) is 10.7. The van der Waals surface area contributed by atoms with Crippen LogP contribution in [0.25, 0.3) is 0 Å². The standard InChI is InChI=1S/C8H15NO2.CH5N/c1-6(2)8(9)5-11-4-7(3)10;1-2/h7,9-10H,1,4-5H2,2-3H3;2H2,1H3. The molecule has 0 amide bonds. The van der Waals surface area contributed by atoms with Gasteiger partial charge in [0, 0.05) is 0 Å². The van der Waals surface area contributed by atoms with Crippen molar-refractivity contribution in [3.8, 4) is 0 Å². The molecule has 0 heterocycles. The minimum absolute atomic E-state index is 0.236. The normalized spacial score (nSPS) is 11.2. The third-order valence-electron chi connectivity index (χ3n) is 1.12. The van der Waals surface area contributed by atoms with Crippen LogP contribution in [-0.4, -0.2) is 37.2 Å². The van der Waals surface area contributed by atoms with Gasteiger partial charge in [0.15, 0.2) is 0 Å². The zero-order valence-corrected chi connectivity index (χ0v) is 8.63. The summed E-state index contributed by atoms with van der Waals surface area (Å²) in [5.41, 5.74) is 5.58. The van der Waals surface area contributed by atoms with Gasteiger partial charge in [-0.15, -0.1) is 0 Å². The number of hydrogen-bond acceptors (Lipinski definition) is 4. The maximum Gasteiger partial charge on any atom is 0.0884 e. The molecule has 4 N–H and O–H groups in total. The fraction of sp³-hybridized carbons (Fsp3) is 0.667. The fourth-order valence-corrected chi connectivity index (χ4v) is 0.455. The first-order valence-corrected chi connectivity index (χ1v) is 4.11. The average Bonchev–Trinajstić information content (AvgIpc) is 2.07. The van der Waals surface area contributed by atoms with Crippen molar-refractivity contribution in [1.82, 2.24) is 0 Å². The van der Waals surface area contributed by atoms with Gasteiger partial charge in [-0.2, -0.15) is 0 Å². The second-order valence-corrected chi connectivity index (χ2v) is 2.62. The number of hydrogen-bond donors (Lipinski definition) is 3. The molecule has 4 nitrogen and oxygen atoms in total. The van der Waals surface area contributed by atoms with E-state index in [9.17, 15) is 0 Å². The first kappa shape index (κ1) is 14.8. The lowest BCUT2D eigenvalue weighted by Gasteiger charge is -2.06. The van der Waals surface area contributed by atoms with Crippen molar-refractivity contribution in [3.05, 3.63) is 12.2 Å². The maximum absolute atomic E-state index is 8.79. The number of ether oxygens (including phenoxy) is 1. The minimum Gasteiger partial charge on any atom is -0.391 e. The Hall–Kier alpha value is -0.710. The van der Waals surface area contributed by atoms with Gasteiger partial charge in [-0.25, -0.2) is 0 Å². The van der Waals surface area contributed by atoms with Gasteiger partial charge in [-0.05, 0) is 26.5 Å². The number of aliphatic hydroxyl groups is 1. The molecule has 0 fully saturated rings. The smallest absolute Gasteiger partial charge is 0.0884 e. The molecule has 0 bridgehead atoms. The van der Waals surface area contributed by atoms with Crippen molar-refractivity contribution in [2.75, 3.05) is 20.3 Å². The lowest BCUT2D eigenvalue weighted by atomic mass is 10.2. The highest BCUT2D eigenvalue weighted by molar-refractivity contribution is 5.97. The zero-order chi connectivity index (χ0) is 10.9. The number of nitrogens with one attached hydrogen (secondary N) is 1. The SMILES string of the molecule is C=C(C)C(=N)COCC(C)O.CN. The Morgan fingerprint density at radius 2 is 2.08 bits per heavy atom. The Morgan fingerprint density at radius 1 is 1.62 bits per heavy atom. The third kappa shape index (κ3) is 11.3. The lowest BCUT2D eigenvalue weighted by molar-refractivity contribution is 0.0643. The minimum atomic E-state index is -0.465. The van der Waals surface area contributed by atoms with Crippen LogP contribution in [-0.2, 0) is 4.74 Å². The van der Waals surface area contributed by atoms with E-state index < -0.39 is 6.10 Å². The summed E-state index contributed by atoms with van der Waals surface area (Å²) in [7, 11) is 1.50. The Morgan fingerprint density at radius 3 is 2.38 bits per heavy atom. The predicted octanol–water partition coefficient (Wildman–Crippen LogP) is 0.555. The Balaban J connectivity index is 0. The van der Waals surface area contributed by atoms with Crippen LogP contribution < -0.4 is 5.73 Å². The summed E-state index contributed by atoms with van der Waals surface area (Å²) in [6.07, 6.45) is -0.465. The van der Waals surface area contributed by atoms with E-state index in [0.29, 0.717) is 11.3 Å². The third-order valence-corrected chi connectivity index (χ3v) is 1.12. The number of nitrogens with two attached hydrogens (primary N) is 1. The number of rotatable bonds is 5. The Labute approximate surface area is 79.9 Å². The van der Waals surface area contributed by atoms with Crippen molar-refractivity contribution in [2.45, 2.75) is 20.0 Å². The molecular formula is C9H20N2O2. The van der Waals surface area contributed by atoms with E-state index in [1.165, 1.54) is 7.05 Å². The first-order valence-electron chi connectivity index (χ1n) is 4.11. The van der Waals surface area contributed by atoms with E-state index in [2.05, 4.69) is 12.3 Å². The van der Waals surface area contributed by atoms with Crippen molar-refractivity contribution in [1.29, 1.82) is 5.41 Å². The largest absolute Gasteiger partial charge is 0.391 e. The lowest BCUT2D eigenvalue weighted by Crippen LogP contribution is -2.15. The second kappa shape index (κ2) is 9.38. The van der Waals surface area contributed by atoms with Gasteiger partial charge in [0.05, 0.1) is 25.0 Å². The van der Waals surface area contributed by atoms with Gasteiger partial charge in [0.1, 0.15) is 0 Å². The molecule has 13 heavy (non-hydrogen) atoms. The van der Waals surface area contributed by atoms with Crippen molar-refractivity contribution in [3.63, 3.8) is 0 Å². The highest BCUT2D eigenvalue weighted by Gasteiger charge is 1.99. The molecule has 0 aromatic rings. The van der Waals surface area contributed by atoms with Gasteiger partial charge in [-0.3, -0.25) is 0 Å². The van der Waals surface area contributed by atoms with E-state index in [0.717, 1.165) is 0 Å². The topological polar surface area (TPSA) is 79.3 Å². The molecule has 0 aromatic carbocycles. The van der Waals surface area contributed by atoms with E-state index in [1.807, 2.05) is 0 Å². The van der Waals surface area contributed by atoms with Gasteiger partial charge < -0.3 is 21.0 Å². The summed E-state index contributed by atoms with van der Waals surface area (Å²) in [6.45, 7) is 7.50. The molecule has 0 aromatic heterocycles. The van der Waals surface area contributed by atoms with E-state index in [-0.39, 0.29) is 13.2 Å². The second-order valence-electron chi connectivity index (χ2n) is 2.62. The molecule has 0 saturated carbocycles. The summed E-state index contributed by atoms with van der Waals surface area (Å²) < 4.78 is 4.98. The molecule has 4 heteroatoms. The van der Waals surface area contributed by atoms with Gasteiger partial charge in [0.2, 0.25) is 0 Å². The van der Waals surface area contributed by atoms with E-state index >= 15 is 0 Å². The Bertz CT molecular complexity index is 156. The van der Waals surface area contributed by atoms with Crippen LogP contribution in [0.5, 0.6) is 0 Å². The molecule has 0 aliphatic rings. The summed E-state index contributed by atoms with van der Waals surface area (Å²) in [5.74, 6) is 0. The van der Waals surface area contributed by atoms with Crippen LogP contribution in [0.2, 0.25) is 0 Å². The molecule has 0 rings (SSSR count). The van der Waals surface area contributed by atoms with Crippen molar-refractivity contribution >= 4 is 5.71 Å². The molecule has 78 valence electrons. The molecule has 0 spiro atoms. The molecule has 0 radical (unpaired) electrons. The van der Waals surface area contributed by atoms with E-state index in [4.69, 9.17) is 15.3 Å². The molecule has 0 aliphatic carbocycles. The molecule has 0 aliphatic heterocycles. The first-order chi connectivity index (χ1) is 6.04. The monoisotopic (exact) mass is 188 g/mol. The summed E-state index contributed by atoms with van der Waals surface area (Å²) in [5, 5.41) is 16.1. The molecule has 1 atom stereocenters. The van der Waals surface area contributed by atoms with Crippen LogP contribution in [0.1, 0.15) is 13.8 Å². The summed E-state index contributed by atoms with van der Waals surface area (Å²) >= 11 is 0. The molecule has 1 unspecified atom stereocenters. The van der Waals surface area contributed by atoms with Crippen molar-refractivity contribution in [2.24, 2.45) is 5.73 Å². The highest BCUT2D eigenvalue weighted by atomic mass is 16.5. The van der Waals surface area contributed by atoms with Gasteiger partial charge in [-0.1, -0.05) is 6.58 Å². The summed E-state index contributed by atoms with van der Waals surface area (Å²) in [6, 6.07) is 0. The summed E-state index contributed by atoms with van der Waals surface area (Å²) in [4.78, 5) is 0. The van der Waals surface area contributed by atoms with Crippen LogP contribution in [0.4, 0.5) is 0 Å². The van der Waals surface area contributed by atoms with Crippen LogP contribution in [0.3, 0.4) is 0 Å². The molecule has 0 saturated heterocycles. The maximum atomic E-state index is 8.79. The zero-order valence-electron chi connectivity index (χ0n) is 8.63. The van der Waals surface area contributed by atoms with Gasteiger partial charge in [0.25, 0.3) is 0 Å². The highest BCUT2D eigenvalue weighted by Crippen LogP contribution is 1.92. The number of aliphatic hydroxyl groups excluding tert-OH is 1. The predicted molar refractivity (Wildman–Crippen MR) is 55.2 cm³/mol.